The van der Waals surface area contributed by atoms with Gasteiger partial charge in [-0.15, -0.1) is 11.3 Å². The maximum absolute atomic E-state index is 5.48. The van der Waals surface area contributed by atoms with Crippen LogP contribution in [0.4, 0.5) is 0 Å². The van der Waals surface area contributed by atoms with E-state index in [4.69, 9.17) is 9.72 Å². The number of aromatic nitrogens is 3. The Bertz CT molecular complexity index is 1100. The van der Waals surface area contributed by atoms with Crippen LogP contribution in [0, 0.1) is 6.92 Å². The highest BCUT2D eigenvalue weighted by atomic mass is 32.1. The second-order valence-electron chi connectivity index (χ2n) is 7.63. The molecule has 4 nitrogen and oxygen atoms in total. The van der Waals surface area contributed by atoms with E-state index in [2.05, 4.69) is 66.6 Å². The number of aryl methyl sites for hydroxylation is 1. The lowest BCUT2D eigenvalue weighted by molar-refractivity contribution is 0.397. The summed E-state index contributed by atoms with van der Waals surface area (Å²) in [6, 6.07) is 8.18. The molecule has 0 aliphatic heterocycles. The molecule has 0 atom stereocenters. The van der Waals surface area contributed by atoms with E-state index in [1.165, 1.54) is 0 Å². The van der Waals surface area contributed by atoms with Crippen molar-refractivity contribution < 1.29 is 4.74 Å². The molecule has 0 unspecified atom stereocenters. The largest absolute Gasteiger partial charge is 0.479 e. The molecule has 2 aromatic heterocycles. The average Bonchev–Trinajstić information content (AvgIpc) is 3.27. The molecule has 0 saturated carbocycles. The number of hydrogen-bond acceptors (Lipinski definition) is 5. The molecule has 3 aromatic rings. The van der Waals surface area contributed by atoms with E-state index >= 15 is 0 Å². The van der Waals surface area contributed by atoms with Crippen molar-refractivity contribution in [2.75, 3.05) is 7.11 Å². The summed E-state index contributed by atoms with van der Waals surface area (Å²) < 4.78 is 5.48. The Kier molecular flexibility index (Phi) is 9.09. The van der Waals surface area contributed by atoms with Crippen LogP contribution in [-0.4, -0.2) is 22.1 Å². The number of nitrogens with zero attached hydrogens (tertiary/aromatic N) is 3. The van der Waals surface area contributed by atoms with Crippen molar-refractivity contribution in [3.05, 3.63) is 76.5 Å². The summed E-state index contributed by atoms with van der Waals surface area (Å²) in [4.78, 5) is 13.9. The van der Waals surface area contributed by atoms with Crippen molar-refractivity contribution in [2.24, 2.45) is 0 Å². The zero-order valence-electron chi connectivity index (χ0n) is 20.0. The number of rotatable bonds is 8. The van der Waals surface area contributed by atoms with Gasteiger partial charge in [0.15, 0.2) is 0 Å². The molecule has 168 valence electrons. The summed E-state index contributed by atoms with van der Waals surface area (Å²) >= 11 is 1.70. The molecule has 0 aliphatic rings. The van der Waals surface area contributed by atoms with E-state index < -0.39 is 0 Å². The Hall–Kier alpha value is -3.05. The highest BCUT2D eigenvalue weighted by molar-refractivity contribution is 7.09. The molecule has 0 N–H and O–H groups in total. The predicted octanol–water partition coefficient (Wildman–Crippen LogP) is 7.61. The van der Waals surface area contributed by atoms with Gasteiger partial charge in [0.1, 0.15) is 5.69 Å². The van der Waals surface area contributed by atoms with Gasteiger partial charge in [-0.2, -0.15) is 0 Å². The molecule has 0 fully saturated rings. The van der Waals surface area contributed by atoms with Crippen molar-refractivity contribution >= 4 is 29.6 Å². The number of hydrogen-bond donors (Lipinski definition) is 0. The van der Waals surface area contributed by atoms with E-state index in [-0.39, 0.29) is 5.41 Å². The van der Waals surface area contributed by atoms with Gasteiger partial charge < -0.3 is 4.74 Å². The van der Waals surface area contributed by atoms with Gasteiger partial charge in [-0.25, -0.2) is 15.0 Å². The first-order valence-electron chi connectivity index (χ1n) is 10.8. The van der Waals surface area contributed by atoms with Crippen molar-refractivity contribution in [3.63, 3.8) is 0 Å². The van der Waals surface area contributed by atoms with Gasteiger partial charge in [-0.05, 0) is 37.1 Å². The van der Waals surface area contributed by atoms with Crippen LogP contribution in [0.15, 0.2) is 48.9 Å². The van der Waals surface area contributed by atoms with Crippen LogP contribution in [0.5, 0.6) is 5.88 Å². The number of allylic oxidation sites excluding steroid dienone is 1. The van der Waals surface area contributed by atoms with E-state index in [9.17, 15) is 0 Å². The van der Waals surface area contributed by atoms with Gasteiger partial charge in [0.25, 0.3) is 0 Å². The summed E-state index contributed by atoms with van der Waals surface area (Å²) in [6.07, 6.45) is 8.57. The molecule has 0 amide bonds. The monoisotopic (exact) mass is 447 g/mol. The van der Waals surface area contributed by atoms with Crippen LogP contribution >= 0.6 is 11.3 Å². The summed E-state index contributed by atoms with van der Waals surface area (Å²) in [7, 11) is 1.60. The minimum atomic E-state index is -0.00700. The van der Waals surface area contributed by atoms with Crippen LogP contribution < -0.4 is 4.74 Å². The van der Waals surface area contributed by atoms with Gasteiger partial charge >= 0.3 is 0 Å². The number of benzene rings is 1. The number of ether oxygens (including phenoxy) is 1. The molecule has 3 rings (SSSR count). The molecular formula is C27H33N3OS. The fourth-order valence-electron chi connectivity index (χ4n) is 3.13. The summed E-state index contributed by atoms with van der Waals surface area (Å²) in [5, 5.41) is 3.25. The van der Waals surface area contributed by atoms with Crippen molar-refractivity contribution in [1.29, 1.82) is 0 Å². The Morgan fingerprint density at radius 2 is 1.75 bits per heavy atom. The molecule has 5 heteroatoms. The van der Waals surface area contributed by atoms with E-state index in [1.807, 2.05) is 32.9 Å². The van der Waals surface area contributed by atoms with Gasteiger partial charge in [0.05, 0.1) is 29.2 Å². The first kappa shape index (κ1) is 25.2. The second kappa shape index (κ2) is 11.5. The quantitative estimate of drug-likeness (QED) is 0.356. The fraction of sp³-hybridized carbons (Fsp3) is 0.296. The zero-order valence-corrected chi connectivity index (χ0v) is 20.8. The molecular weight excluding hydrogens is 414 g/mol. The van der Waals surface area contributed by atoms with Gasteiger partial charge in [0.2, 0.25) is 5.88 Å². The van der Waals surface area contributed by atoms with Crippen LogP contribution in [0.1, 0.15) is 61.8 Å². The third-order valence-corrected chi connectivity index (χ3v) is 5.68. The molecule has 0 radical (unpaired) electrons. The third kappa shape index (κ3) is 6.01. The summed E-state index contributed by atoms with van der Waals surface area (Å²) in [6.45, 7) is 18.1. The molecule has 0 bridgehead atoms. The SMILES string of the molecule is C=Cc1nc(OC)c(-c2cccc(/C=C/CC(C)(C)c3csc(C)n3)c2)nc1C=C.CC. The Balaban J connectivity index is 0.00000176. The lowest BCUT2D eigenvalue weighted by atomic mass is 9.86. The van der Waals surface area contributed by atoms with Crippen molar-refractivity contribution in [2.45, 2.75) is 46.5 Å². The van der Waals surface area contributed by atoms with E-state index in [0.29, 0.717) is 23.0 Å². The summed E-state index contributed by atoms with van der Waals surface area (Å²) in [5.41, 5.74) is 5.19. The molecule has 0 spiro atoms. The standard InChI is InChI=1S/C25H27N3OS.C2H6/c1-7-20-21(8-2)28-24(29-6)23(27-20)19-13-9-11-18(15-19)12-10-14-25(4,5)22-16-30-17(3)26-22;1-2/h7-13,15-16H,1-2,14H2,3-6H3;1-2H3/b12-10+;. The van der Waals surface area contributed by atoms with E-state index in [1.54, 1.807) is 30.6 Å². The lowest BCUT2D eigenvalue weighted by Crippen LogP contribution is -2.16. The van der Waals surface area contributed by atoms with Crippen molar-refractivity contribution in [3.8, 4) is 17.1 Å². The third-order valence-electron chi connectivity index (χ3n) is 4.91. The van der Waals surface area contributed by atoms with Crippen molar-refractivity contribution in [1.82, 2.24) is 15.0 Å². The molecule has 32 heavy (non-hydrogen) atoms. The Morgan fingerprint density at radius 1 is 1.06 bits per heavy atom. The lowest BCUT2D eigenvalue weighted by Gasteiger charge is -2.20. The Morgan fingerprint density at radius 3 is 2.34 bits per heavy atom. The minimum absolute atomic E-state index is 0.00700. The normalized spacial score (nSPS) is 11.1. The van der Waals surface area contributed by atoms with Crippen LogP contribution in [0.2, 0.25) is 0 Å². The van der Waals surface area contributed by atoms with Gasteiger partial charge in [-0.1, -0.05) is 71.2 Å². The fourth-order valence-corrected chi connectivity index (χ4v) is 3.94. The highest BCUT2D eigenvalue weighted by Crippen LogP contribution is 2.31. The first-order chi connectivity index (χ1) is 15.4. The average molecular weight is 448 g/mol. The maximum Gasteiger partial charge on any atom is 0.240 e. The van der Waals surface area contributed by atoms with Crippen LogP contribution in [0.25, 0.3) is 29.5 Å². The molecule has 2 heterocycles. The number of methoxy groups -OCH3 is 1. The molecule has 0 aliphatic carbocycles. The van der Waals surface area contributed by atoms with E-state index in [0.717, 1.165) is 28.2 Å². The minimum Gasteiger partial charge on any atom is -0.479 e. The zero-order chi connectivity index (χ0) is 23.7. The number of thiazole rings is 1. The maximum atomic E-state index is 5.48. The smallest absolute Gasteiger partial charge is 0.240 e. The second-order valence-corrected chi connectivity index (χ2v) is 8.69. The van der Waals surface area contributed by atoms with Crippen LogP contribution in [0.3, 0.4) is 0 Å². The molecule has 0 saturated heterocycles. The van der Waals surface area contributed by atoms with Crippen LogP contribution in [-0.2, 0) is 5.41 Å². The topological polar surface area (TPSA) is 47.9 Å². The molecule has 1 aromatic carbocycles. The summed E-state index contributed by atoms with van der Waals surface area (Å²) in [5.74, 6) is 0.469. The predicted molar refractivity (Wildman–Crippen MR) is 139 cm³/mol. The van der Waals surface area contributed by atoms with Gasteiger partial charge in [-0.3, -0.25) is 0 Å². The highest BCUT2D eigenvalue weighted by Gasteiger charge is 2.21. The van der Waals surface area contributed by atoms with Gasteiger partial charge in [0, 0.05) is 16.4 Å². The first-order valence-corrected chi connectivity index (χ1v) is 11.7. The Labute approximate surface area is 196 Å².